The van der Waals surface area contributed by atoms with Gasteiger partial charge in [0.2, 0.25) is 11.4 Å². The summed E-state index contributed by atoms with van der Waals surface area (Å²) >= 11 is 0. The van der Waals surface area contributed by atoms with Crippen molar-refractivity contribution in [2.24, 2.45) is 0 Å². The van der Waals surface area contributed by atoms with Crippen molar-refractivity contribution >= 4 is 30.4 Å². The van der Waals surface area contributed by atoms with Gasteiger partial charge < -0.3 is 63.1 Å². The number of imidazole rings is 1. The van der Waals surface area contributed by atoms with E-state index in [4.69, 9.17) is 24.5 Å². The summed E-state index contributed by atoms with van der Waals surface area (Å²) in [7, 11) is -24.2. The van der Waals surface area contributed by atoms with Crippen molar-refractivity contribution < 1.29 is 72.2 Å². The van der Waals surface area contributed by atoms with E-state index in [9.17, 15) is 43.2 Å². The van der Waals surface area contributed by atoms with Crippen LogP contribution in [0.2, 0.25) is 0 Å². The van der Waals surface area contributed by atoms with Gasteiger partial charge in [0.1, 0.15) is 25.5 Å². The third-order valence-corrected chi connectivity index (χ3v) is 10.6. The summed E-state index contributed by atoms with van der Waals surface area (Å²) in [5.41, 5.74) is 0. The van der Waals surface area contributed by atoms with Gasteiger partial charge in [-0.05, 0) is 0 Å². The minimum absolute atomic E-state index is 0.453. The fraction of sp³-hybridized carbons (Fsp3) is 0.571. The van der Waals surface area contributed by atoms with Crippen molar-refractivity contribution in [2.45, 2.75) is 23.3 Å². The molecule has 0 bridgehead atoms. The lowest BCUT2D eigenvalue weighted by molar-refractivity contribution is -0.703. The second-order valence-electron chi connectivity index (χ2n) is 5.41. The predicted octanol–water partition coefficient (Wildman–Crippen LogP) is -5.12. The van der Waals surface area contributed by atoms with Crippen LogP contribution >= 0.6 is 30.4 Å². The van der Waals surface area contributed by atoms with Gasteiger partial charge in [0, 0.05) is 0 Å². The van der Waals surface area contributed by atoms with Crippen LogP contribution in [0.4, 0.5) is 0 Å². The quantitative estimate of drug-likeness (QED) is 0.137. The molecule has 16 nitrogen and oxygen atoms in total. The van der Waals surface area contributed by atoms with E-state index in [1.54, 1.807) is 0 Å². The van der Waals surface area contributed by atoms with E-state index in [0.29, 0.717) is 15.5 Å². The highest BCUT2D eigenvalue weighted by molar-refractivity contribution is 7.71. The van der Waals surface area contributed by atoms with Crippen molar-refractivity contribution in [3.05, 3.63) is 18.7 Å². The number of aromatic nitrogens is 2. The van der Waals surface area contributed by atoms with E-state index >= 15 is 0 Å². The molecule has 0 amide bonds. The fourth-order valence-corrected chi connectivity index (χ4v) is 5.77. The van der Waals surface area contributed by atoms with Gasteiger partial charge in [0.15, 0.2) is 22.8 Å². The molecule has 1 aromatic rings. The molecule has 0 saturated heterocycles. The highest BCUT2D eigenvalue weighted by Crippen LogP contribution is 2.65. The molecule has 0 aliphatic heterocycles. The monoisotopic (exact) mass is 474 g/mol. The highest BCUT2D eigenvalue weighted by Gasteiger charge is 2.56. The smallest absolute Gasteiger partial charge is 0.369 e. The Labute approximate surface area is 150 Å². The van der Waals surface area contributed by atoms with Crippen LogP contribution in [0.25, 0.3) is 0 Å². The van der Waals surface area contributed by atoms with E-state index < -0.39 is 53.6 Å². The molecule has 0 saturated carbocycles. The topological polar surface area (TPSA) is 288 Å². The lowest BCUT2D eigenvalue weighted by Crippen LogP contribution is -2.48. The molecule has 158 valence electrons. The zero-order chi connectivity index (χ0) is 21.7. The van der Waals surface area contributed by atoms with Gasteiger partial charge in [-0.1, -0.05) is 0 Å². The molecule has 1 heterocycles. The number of hydrogen-bond acceptors (Lipinski definition) is 9. The van der Waals surface area contributed by atoms with Gasteiger partial charge in [-0.3, -0.25) is 4.57 Å². The molecule has 7 N–H and O–H groups in total. The van der Waals surface area contributed by atoms with E-state index in [1.165, 1.54) is 0 Å². The maximum Gasteiger partial charge on any atom is 0.369 e. The Balaban J connectivity index is 3.29. The summed E-state index contributed by atoms with van der Waals surface area (Å²) in [6.45, 7) is -3.04. The van der Waals surface area contributed by atoms with Crippen LogP contribution in [0.5, 0.6) is 0 Å². The molecule has 0 aromatic carbocycles. The lowest BCUT2D eigenvalue weighted by atomic mass is 10.6. The van der Waals surface area contributed by atoms with Crippen molar-refractivity contribution in [3.63, 3.8) is 0 Å². The van der Waals surface area contributed by atoms with Gasteiger partial charge in [0.25, 0.3) is 5.08 Å². The predicted molar refractivity (Wildman–Crippen MR) is 76.0 cm³/mol. The van der Waals surface area contributed by atoms with Crippen LogP contribution in [-0.4, -0.2) is 49.4 Å². The van der Waals surface area contributed by atoms with Gasteiger partial charge in [-0.2, -0.15) is 0 Å². The SMILES string of the molecule is O=P([O-])(O)C(O)(Cn1cc[n+](CC(O)(P(=O)([O-])O)P(=O)(O)O)c1)P(=O)([O-])O. The Bertz CT molecular complexity index is 771. The second kappa shape index (κ2) is 7.21. The summed E-state index contributed by atoms with van der Waals surface area (Å²) in [4.78, 5) is 78.1. The number of hydrogen-bond donors (Lipinski definition) is 7. The second-order valence-corrected chi connectivity index (χ2v) is 13.3. The van der Waals surface area contributed by atoms with E-state index in [-0.39, 0.29) is 0 Å². The maximum atomic E-state index is 11.2. The fourth-order valence-electron chi connectivity index (χ4n) is 1.80. The van der Waals surface area contributed by atoms with Crippen LogP contribution in [0.1, 0.15) is 0 Å². The molecule has 4 atom stereocenters. The molecule has 1 rings (SSSR count). The highest BCUT2D eigenvalue weighted by atomic mass is 31.2. The van der Waals surface area contributed by atoms with Crippen LogP contribution in [0.15, 0.2) is 18.7 Å². The first-order valence-corrected chi connectivity index (χ1v) is 12.7. The molecular formula is C7H14N2O14P4-2. The van der Waals surface area contributed by atoms with E-state index in [0.717, 1.165) is 12.4 Å². The normalized spacial score (nSPS) is 24.1. The number of rotatable bonds is 8. The number of aliphatic hydroxyl groups is 2. The largest absolute Gasteiger partial charge is 0.776 e. The summed E-state index contributed by atoms with van der Waals surface area (Å²) in [5, 5.41) is 11.3. The van der Waals surface area contributed by atoms with E-state index in [1.807, 2.05) is 0 Å². The van der Waals surface area contributed by atoms with Crippen LogP contribution in [0, 0.1) is 0 Å². The Morgan fingerprint density at radius 2 is 1.26 bits per heavy atom. The molecule has 0 aliphatic rings. The van der Waals surface area contributed by atoms with Crippen molar-refractivity contribution in [1.29, 1.82) is 0 Å². The zero-order valence-corrected chi connectivity index (χ0v) is 16.4. The maximum absolute atomic E-state index is 11.2. The first-order chi connectivity index (χ1) is 11.7. The summed E-state index contributed by atoms with van der Waals surface area (Å²) in [6.07, 6.45) is 2.01. The molecular weight excluding hydrogens is 460 g/mol. The molecule has 20 heteroatoms. The van der Waals surface area contributed by atoms with Crippen molar-refractivity contribution in [2.75, 3.05) is 0 Å². The standard InChI is InChI=1S/C7H16N2O14P4/c10-6(24(12,13)14,25(15,16)17)3-8-1-2-9(5-8)4-7(11,26(18,19)20)27(21,22)23/h1-2,5,10-11H,3-4H2,(H7-,12,13,14,15,16,17,18,19,20,21,22,23)/p-2. The van der Waals surface area contributed by atoms with Gasteiger partial charge in [-0.25, -0.2) is 9.13 Å². The molecule has 0 aliphatic carbocycles. The minimum atomic E-state index is -6.12. The van der Waals surface area contributed by atoms with Crippen LogP contribution in [0.3, 0.4) is 0 Å². The molecule has 1 aromatic heterocycles. The van der Waals surface area contributed by atoms with Crippen LogP contribution < -0.4 is 19.2 Å². The van der Waals surface area contributed by atoms with Crippen LogP contribution in [-0.2, 0) is 31.3 Å². The summed E-state index contributed by atoms with van der Waals surface area (Å²) in [5.74, 6) is 0. The summed E-state index contributed by atoms with van der Waals surface area (Å²) in [6, 6.07) is 0. The Kier molecular flexibility index (Phi) is 6.61. The van der Waals surface area contributed by atoms with Gasteiger partial charge in [0.05, 0.1) is 0 Å². The van der Waals surface area contributed by atoms with Crippen molar-refractivity contribution in [1.82, 2.24) is 4.57 Å². The third kappa shape index (κ3) is 4.84. The average Bonchev–Trinajstić information content (AvgIpc) is 2.80. The lowest BCUT2D eigenvalue weighted by Gasteiger charge is -2.40. The summed E-state index contributed by atoms with van der Waals surface area (Å²) < 4.78 is 45.6. The first-order valence-electron chi connectivity index (χ1n) is 6.33. The molecule has 4 unspecified atom stereocenters. The molecule has 27 heavy (non-hydrogen) atoms. The number of nitrogens with zero attached hydrogens (tertiary/aromatic N) is 2. The van der Waals surface area contributed by atoms with Crippen molar-refractivity contribution in [3.8, 4) is 0 Å². The van der Waals surface area contributed by atoms with E-state index in [2.05, 4.69) is 0 Å². The Morgan fingerprint density at radius 1 is 0.852 bits per heavy atom. The Hall–Kier alpha value is -0.270. The first kappa shape index (κ1) is 24.8. The minimum Gasteiger partial charge on any atom is -0.776 e. The molecule has 0 fully saturated rings. The molecule has 0 spiro atoms. The third-order valence-electron chi connectivity index (χ3n) is 3.36. The molecule has 0 radical (unpaired) electrons. The zero-order valence-electron chi connectivity index (χ0n) is 12.8. The van der Waals surface area contributed by atoms with Gasteiger partial charge in [-0.15, -0.1) is 0 Å². The Morgan fingerprint density at radius 3 is 1.59 bits per heavy atom. The van der Waals surface area contributed by atoms with Gasteiger partial charge >= 0.3 is 7.60 Å². The average molecular weight is 474 g/mol.